The number of nitrogens with one attached hydrogen (secondary N) is 1. The van der Waals surface area contributed by atoms with Crippen LogP contribution in [0.1, 0.15) is 43.4 Å². The number of ether oxygens (including phenoxy) is 2. The number of halogens is 1. The number of fused-ring (bicyclic) bond motifs is 1. The molecule has 1 aliphatic heterocycles. The number of aryl methyl sites for hydroxylation is 1. The zero-order valence-corrected chi connectivity index (χ0v) is 22.7. The van der Waals surface area contributed by atoms with E-state index in [0.29, 0.717) is 36.8 Å². The molecule has 7 heteroatoms. The van der Waals surface area contributed by atoms with E-state index in [-0.39, 0.29) is 30.8 Å². The topological polar surface area (TPSA) is 67.9 Å². The molecule has 200 valence electrons. The Labute approximate surface area is 229 Å². The molecule has 4 rings (SSSR count). The van der Waals surface area contributed by atoms with Gasteiger partial charge >= 0.3 is 0 Å². The fourth-order valence-electron chi connectivity index (χ4n) is 4.44. The summed E-state index contributed by atoms with van der Waals surface area (Å²) in [6.07, 6.45) is 1.96. The molecule has 3 aromatic carbocycles. The van der Waals surface area contributed by atoms with Gasteiger partial charge in [-0.15, -0.1) is 0 Å². The number of rotatable bonds is 11. The second-order valence-corrected chi connectivity index (χ2v) is 10.0. The molecule has 2 unspecified atom stereocenters. The van der Waals surface area contributed by atoms with Crippen LogP contribution in [-0.2, 0) is 29.0 Å². The number of hydrogen-bond donors (Lipinski definition) is 1. The van der Waals surface area contributed by atoms with Crippen LogP contribution in [0.25, 0.3) is 0 Å². The molecule has 0 bridgehead atoms. The minimum atomic E-state index is -0.685. The molecular weight excluding hydrogens is 500 g/mol. The predicted molar refractivity (Wildman–Crippen MR) is 150 cm³/mol. The van der Waals surface area contributed by atoms with Gasteiger partial charge in [-0.2, -0.15) is 0 Å². The van der Waals surface area contributed by atoms with E-state index in [1.165, 1.54) is 0 Å². The molecule has 2 amide bonds. The van der Waals surface area contributed by atoms with Crippen LogP contribution in [0.15, 0.2) is 72.8 Å². The number of amides is 2. The summed E-state index contributed by atoms with van der Waals surface area (Å²) in [7, 11) is 0. The van der Waals surface area contributed by atoms with Crippen LogP contribution in [-0.4, -0.2) is 42.0 Å². The Morgan fingerprint density at radius 3 is 2.39 bits per heavy atom. The zero-order chi connectivity index (χ0) is 26.9. The summed E-state index contributed by atoms with van der Waals surface area (Å²) >= 11 is 6.50. The van der Waals surface area contributed by atoms with E-state index in [9.17, 15) is 9.59 Å². The minimum Gasteiger partial charge on any atom is -0.486 e. The van der Waals surface area contributed by atoms with Crippen molar-refractivity contribution in [2.45, 2.75) is 58.2 Å². The third-order valence-corrected chi connectivity index (χ3v) is 7.17. The van der Waals surface area contributed by atoms with E-state index in [0.717, 1.165) is 28.9 Å². The Kier molecular flexibility index (Phi) is 9.66. The lowest BCUT2D eigenvalue weighted by atomic mass is 10.0. The molecule has 0 saturated heterocycles. The van der Waals surface area contributed by atoms with E-state index >= 15 is 0 Å². The standard InChI is InChI=1S/C31H35ClN2O4/c1-3-22(2)33-31(36)27(19-23-9-5-4-6-10-23)34(21-25-11-7-8-12-26(25)32)30(35)16-14-24-13-15-28-29(20-24)38-18-17-37-28/h4-13,15,20,22,27H,3,14,16-19,21H2,1-2H3,(H,33,36). The van der Waals surface area contributed by atoms with Crippen LogP contribution >= 0.6 is 11.6 Å². The van der Waals surface area contributed by atoms with Crippen molar-refractivity contribution < 1.29 is 19.1 Å². The van der Waals surface area contributed by atoms with Crippen molar-refractivity contribution in [2.24, 2.45) is 0 Å². The highest BCUT2D eigenvalue weighted by Crippen LogP contribution is 2.31. The lowest BCUT2D eigenvalue weighted by Gasteiger charge is -2.32. The number of carbonyl (C=O) groups is 2. The summed E-state index contributed by atoms with van der Waals surface area (Å²) in [6.45, 7) is 5.28. The van der Waals surface area contributed by atoms with E-state index < -0.39 is 6.04 Å². The molecule has 1 aliphatic rings. The van der Waals surface area contributed by atoms with Gasteiger partial charge in [0.15, 0.2) is 11.5 Å². The molecular formula is C31H35ClN2O4. The van der Waals surface area contributed by atoms with Gasteiger partial charge in [0.25, 0.3) is 0 Å². The zero-order valence-electron chi connectivity index (χ0n) is 22.0. The molecule has 6 nitrogen and oxygen atoms in total. The van der Waals surface area contributed by atoms with Gasteiger partial charge in [0.1, 0.15) is 19.3 Å². The molecule has 1 N–H and O–H groups in total. The van der Waals surface area contributed by atoms with Crippen molar-refractivity contribution in [1.29, 1.82) is 0 Å². The van der Waals surface area contributed by atoms with Crippen LogP contribution in [0.4, 0.5) is 0 Å². The molecule has 0 radical (unpaired) electrons. The molecule has 0 spiro atoms. The maximum Gasteiger partial charge on any atom is 0.243 e. The monoisotopic (exact) mass is 534 g/mol. The maximum absolute atomic E-state index is 13.9. The Morgan fingerprint density at radius 1 is 0.947 bits per heavy atom. The fraction of sp³-hybridized carbons (Fsp3) is 0.355. The highest BCUT2D eigenvalue weighted by Gasteiger charge is 2.31. The number of hydrogen-bond acceptors (Lipinski definition) is 4. The number of benzene rings is 3. The SMILES string of the molecule is CCC(C)NC(=O)C(Cc1ccccc1)N(Cc1ccccc1Cl)C(=O)CCc1ccc2c(c1)OCCO2. The van der Waals surface area contributed by atoms with Crippen LogP contribution in [0.3, 0.4) is 0 Å². The fourth-order valence-corrected chi connectivity index (χ4v) is 4.64. The van der Waals surface area contributed by atoms with Crippen molar-refractivity contribution in [2.75, 3.05) is 13.2 Å². The first-order valence-electron chi connectivity index (χ1n) is 13.2. The largest absolute Gasteiger partial charge is 0.486 e. The Bertz CT molecular complexity index is 1230. The Balaban J connectivity index is 1.60. The smallest absolute Gasteiger partial charge is 0.243 e. The number of nitrogens with zero attached hydrogens (tertiary/aromatic N) is 1. The third kappa shape index (κ3) is 7.29. The van der Waals surface area contributed by atoms with Gasteiger partial charge in [0, 0.05) is 30.5 Å². The summed E-state index contributed by atoms with van der Waals surface area (Å²) in [5, 5.41) is 3.66. The summed E-state index contributed by atoms with van der Waals surface area (Å²) in [4.78, 5) is 29.1. The van der Waals surface area contributed by atoms with E-state index in [4.69, 9.17) is 21.1 Å². The van der Waals surface area contributed by atoms with Crippen molar-refractivity contribution in [3.63, 3.8) is 0 Å². The molecule has 0 aromatic heterocycles. The lowest BCUT2D eigenvalue weighted by molar-refractivity contribution is -0.141. The normalized spacial score (nSPS) is 13.9. The minimum absolute atomic E-state index is 0.00393. The van der Waals surface area contributed by atoms with Crippen molar-refractivity contribution in [3.05, 3.63) is 94.5 Å². The van der Waals surface area contributed by atoms with E-state index in [1.807, 2.05) is 80.6 Å². The third-order valence-electron chi connectivity index (χ3n) is 6.80. The summed E-state index contributed by atoms with van der Waals surface area (Å²) < 4.78 is 11.3. The van der Waals surface area contributed by atoms with Gasteiger partial charge in [-0.1, -0.05) is 73.1 Å². The quantitative estimate of drug-likeness (QED) is 0.348. The van der Waals surface area contributed by atoms with Crippen LogP contribution in [0.5, 0.6) is 11.5 Å². The van der Waals surface area contributed by atoms with Crippen LogP contribution < -0.4 is 14.8 Å². The van der Waals surface area contributed by atoms with Crippen molar-refractivity contribution in [1.82, 2.24) is 10.2 Å². The van der Waals surface area contributed by atoms with E-state index in [1.54, 1.807) is 11.0 Å². The van der Waals surface area contributed by atoms with Gasteiger partial charge in [-0.05, 0) is 54.7 Å². The average Bonchev–Trinajstić information content (AvgIpc) is 2.94. The Hall–Kier alpha value is -3.51. The second kappa shape index (κ2) is 13.3. The van der Waals surface area contributed by atoms with Crippen LogP contribution in [0, 0.1) is 0 Å². The highest BCUT2D eigenvalue weighted by molar-refractivity contribution is 6.31. The van der Waals surface area contributed by atoms with Crippen LogP contribution in [0.2, 0.25) is 5.02 Å². The van der Waals surface area contributed by atoms with Gasteiger partial charge in [0.05, 0.1) is 0 Å². The molecule has 38 heavy (non-hydrogen) atoms. The number of carbonyl (C=O) groups excluding carboxylic acids is 2. The Morgan fingerprint density at radius 2 is 1.66 bits per heavy atom. The summed E-state index contributed by atoms with van der Waals surface area (Å²) in [5.74, 6) is 1.14. The molecule has 0 aliphatic carbocycles. The molecule has 0 saturated carbocycles. The van der Waals surface area contributed by atoms with Gasteiger partial charge in [0.2, 0.25) is 11.8 Å². The molecule has 3 aromatic rings. The van der Waals surface area contributed by atoms with Gasteiger partial charge < -0.3 is 19.7 Å². The summed E-state index contributed by atoms with van der Waals surface area (Å²) in [6, 6.07) is 22.3. The predicted octanol–water partition coefficient (Wildman–Crippen LogP) is 5.60. The first kappa shape index (κ1) is 27.5. The molecule has 0 fully saturated rings. The second-order valence-electron chi connectivity index (χ2n) is 9.61. The van der Waals surface area contributed by atoms with Crippen molar-refractivity contribution in [3.8, 4) is 11.5 Å². The average molecular weight is 535 g/mol. The molecule has 1 heterocycles. The molecule has 2 atom stereocenters. The highest BCUT2D eigenvalue weighted by atomic mass is 35.5. The maximum atomic E-state index is 13.9. The van der Waals surface area contributed by atoms with Crippen molar-refractivity contribution >= 4 is 23.4 Å². The van der Waals surface area contributed by atoms with Gasteiger partial charge in [-0.3, -0.25) is 9.59 Å². The van der Waals surface area contributed by atoms with E-state index in [2.05, 4.69) is 5.32 Å². The summed E-state index contributed by atoms with van der Waals surface area (Å²) in [5.41, 5.74) is 2.76. The first-order chi connectivity index (χ1) is 18.4. The van der Waals surface area contributed by atoms with Gasteiger partial charge in [-0.25, -0.2) is 0 Å². The first-order valence-corrected chi connectivity index (χ1v) is 13.6. The lowest BCUT2D eigenvalue weighted by Crippen LogP contribution is -2.52.